The summed E-state index contributed by atoms with van der Waals surface area (Å²) < 4.78 is 0. The Hall–Kier alpha value is -1.35. The number of benzene rings is 1. The first-order valence-electron chi connectivity index (χ1n) is 6.35. The normalized spacial score (nSPS) is 21.4. The van der Waals surface area contributed by atoms with E-state index in [0.29, 0.717) is 12.3 Å². The lowest BCUT2D eigenvalue weighted by atomic mass is 9.78. The van der Waals surface area contributed by atoms with E-state index in [2.05, 4.69) is 11.4 Å². The zero-order valence-electron chi connectivity index (χ0n) is 9.78. The van der Waals surface area contributed by atoms with Gasteiger partial charge in [0.05, 0.1) is 6.10 Å². The van der Waals surface area contributed by atoms with Gasteiger partial charge in [0.25, 0.3) is 0 Å². The molecule has 90 valence electrons. The van der Waals surface area contributed by atoms with E-state index in [1.165, 1.54) is 6.42 Å². The number of amides is 1. The molecule has 0 radical (unpaired) electrons. The van der Waals surface area contributed by atoms with Crippen LogP contribution in [0.2, 0.25) is 0 Å². The smallest absolute Gasteiger partial charge is 0.224 e. The summed E-state index contributed by atoms with van der Waals surface area (Å²) in [6, 6.07) is 5.91. The van der Waals surface area contributed by atoms with Crippen molar-refractivity contribution in [3.63, 3.8) is 0 Å². The third-order valence-electron chi connectivity index (χ3n) is 3.96. The second-order valence-corrected chi connectivity index (χ2v) is 5.10. The van der Waals surface area contributed by atoms with Gasteiger partial charge in [0.2, 0.25) is 5.91 Å². The molecule has 1 fully saturated rings. The summed E-state index contributed by atoms with van der Waals surface area (Å²) in [7, 11) is 0. The fourth-order valence-corrected chi connectivity index (χ4v) is 2.62. The summed E-state index contributed by atoms with van der Waals surface area (Å²) >= 11 is 0. The summed E-state index contributed by atoms with van der Waals surface area (Å²) in [6.07, 6.45) is 4.52. The molecule has 0 spiro atoms. The highest BCUT2D eigenvalue weighted by molar-refractivity contribution is 5.93. The van der Waals surface area contributed by atoms with Crippen LogP contribution in [-0.2, 0) is 11.2 Å². The van der Waals surface area contributed by atoms with Crippen molar-refractivity contribution in [2.24, 2.45) is 5.92 Å². The number of anilines is 1. The Kier molecular flexibility index (Phi) is 2.63. The van der Waals surface area contributed by atoms with Gasteiger partial charge in [-0.05, 0) is 42.4 Å². The van der Waals surface area contributed by atoms with Crippen LogP contribution in [0, 0.1) is 5.92 Å². The van der Waals surface area contributed by atoms with Gasteiger partial charge in [-0.25, -0.2) is 0 Å². The van der Waals surface area contributed by atoms with Gasteiger partial charge in [-0.15, -0.1) is 0 Å². The molecule has 1 aliphatic carbocycles. The van der Waals surface area contributed by atoms with Crippen LogP contribution >= 0.6 is 0 Å². The second kappa shape index (κ2) is 4.15. The van der Waals surface area contributed by atoms with Crippen molar-refractivity contribution in [2.75, 3.05) is 5.32 Å². The van der Waals surface area contributed by atoms with Gasteiger partial charge >= 0.3 is 0 Å². The molecule has 1 heterocycles. The minimum atomic E-state index is -0.327. The second-order valence-electron chi connectivity index (χ2n) is 5.10. The molecule has 1 aliphatic heterocycles. The van der Waals surface area contributed by atoms with Crippen LogP contribution in [0.3, 0.4) is 0 Å². The first kappa shape index (κ1) is 10.8. The van der Waals surface area contributed by atoms with E-state index in [9.17, 15) is 9.90 Å². The first-order chi connectivity index (χ1) is 8.24. The molecule has 1 atom stereocenters. The Morgan fingerprint density at radius 3 is 2.82 bits per heavy atom. The third kappa shape index (κ3) is 1.95. The molecule has 1 aromatic rings. The molecule has 17 heavy (non-hydrogen) atoms. The molecule has 3 rings (SSSR count). The van der Waals surface area contributed by atoms with Gasteiger partial charge in [-0.2, -0.15) is 0 Å². The highest BCUT2D eigenvalue weighted by atomic mass is 16.3. The lowest BCUT2D eigenvalue weighted by molar-refractivity contribution is -0.116. The van der Waals surface area contributed by atoms with Gasteiger partial charge in [0, 0.05) is 12.1 Å². The monoisotopic (exact) mass is 231 g/mol. The molecule has 0 bridgehead atoms. The number of fused-ring (bicyclic) bond motifs is 1. The van der Waals surface area contributed by atoms with Crippen LogP contribution in [0.25, 0.3) is 0 Å². The zero-order chi connectivity index (χ0) is 11.8. The molecule has 2 N–H and O–H groups in total. The van der Waals surface area contributed by atoms with Gasteiger partial charge < -0.3 is 10.4 Å². The highest BCUT2D eigenvalue weighted by Gasteiger charge is 2.27. The molecule has 3 heteroatoms. The lowest BCUT2D eigenvalue weighted by Gasteiger charge is -2.31. The van der Waals surface area contributed by atoms with E-state index in [1.807, 2.05) is 12.1 Å². The van der Waals surface area contributed by atoms with Crippen LogP contribution in [0.5, 0.6) is 0 Å². The van der Waals surface area contributed by atoms with Crippen molar-refractivity contribution < 1.29 is 9.90 Å². The number of hydrogen-bond donors (Lipinski definition) is 2. The fourth-order valence-electron chi connectivity index (χ4n) is 2.62. The van der Waals surface area contributed by atoms with E-state index >= 15 is 0 Å². The summed E-state index contributed by atoms with van der Waals surface area (Å²) in [5.41, 5.74) is 3.07. The van der Waals surface area contributed by atoms with Gasteiger partial charge in [0.1, 0.15) is 0 Å². The molecule has 1 aromatic carbocycles. The summed E-state index contributed by atoms with van der Waals surface area (Å²) in [5.74, 6) is 0.524. The van der Waals surface area contributed by atoms with Crippen molar-refractivity contribution in [3.8, 4) is 0 Å². The Balaban J connectivity index is 1.85. The van der Waals surface area contributed by atoms with Crippen LogP contribution in [0.4, 0.5) is 5.69 Å². The number of aliphatic hydroxyl groups is 1. The van der Waals surface area contributed by atoms with Crippen LogP contribution in [-0.4, -0.2) is 11.0 Å². The Labute approximate surface area is 101 Å². The van der Waals surface area contributed by atoms with Gasteiger partial charge in [0.15, 0.2) is 0 Å². The SMILES string of the molecule is O=C1CCc2cc(C(O)C3CCC3)ccc2N1. The van der Waals surface area contributed by atoms with E-state index in [-0.39, 0.29) is 12.0 Å². The molecular formula is C14H17NO2. The maximum absolute atomic E-state index is 11.2. The largest absolute Gasteiger partial charge is 0.388 e. The number of carbonyl (C=O) groups excluding carboxylic acids is 1. The van der Waals surface area contributed by atoms with Crippen molar-refractivity contribution in [1.82, 2.24) is 0 Å². The number of hydrogen-bond acceptors (Lipinski definition) is 2. The Morgan fingerprint density at radius 2 is 2.12 bits per heavy atom. The van der Waals surface area contributed by atoms with Crippen molar-refractivity contribution >= 4 is 11.6 Å². The predicted octanol–water partition coefficient (Wildman–Crippen LogP) is 2.40. The number of rotatable bonds is 2. The average molecular weight is 231 g/mol. The molecule has 1 saturated carbocycles. The number of nitrogens with one attached hydrogen (secondary N) is 1. The fraction of sp³-hybridized carbons (Fsp3) is 0.500. The van der Waals surface area contributed by atoms with Crippen LogP contribution in [0.1, 0.15) is 42.9 Å². The van der Waals surface area contributed by atoms with Crippen LogP contribution < -0.4 is 5.32 Å². The third-order valence-corrected chi connectivity index (χ3v) is 3.96. The molecule has 0 saturated heterocycles. The zero-order valence-corrected chi connectivity index (χ0v) is 9.78. The minimum absolute atomic E-state index is 0.0878. The predicted molar refractivity (Wildman–Crippen MR) is 65.7 cm³/mol. The van der Waals surface area contributed by atoms with Crippen LogP contribution in [0.15, 0.2) is 18.2 Å². The number of carbonyl (C=O) groups is 1. The molecule has 0 aromatic heterocycles. The molecular weight excluding hydrogens is 214 g/mol. The number of aryl methyl sites for hydroxylation is 1. The maximum atomic E-state index is 11.2. The summed E-state index contributed by atoms with van der Waals surface area (Å²) in [6.45, 7) is 0. The first-order valence-corrected chi connectivity index (χ1v) is 6.35. The van der Waals surface area contributed by atoms with E-state index < -0.39 is 0 Å². The lowest BCUT2D eigenvalue weighted by Crippen LogP contribution is -2.22. The molecule has 1 amide bonds. The topological polar surface area (TPSA) is 49.3 Å². The maximum Gasteiger partial charge on any atom is 0.224 e. The van der Waals surface area contributed by atoms with Crippen molar-refractivity contribution in [3.05, 3.63) is 29.3 Å². The Morgan fingerprint density at radius 1 is 1.29 bits per heavy atom. The highest BCUT2D eigenvalue weighted by Crippen LogP contribution is 2.38. The van der Waals surface area contributed by atoms with Crippen molar-refractivity contribution in [2.45, 2.75) is 38.2 Å². The van der Waals surface area contributed by atoms with E-state index in [4.69, 9.17) is 0 Å². The molecule has 2 aliphatic rings. The van der Waals surface area contributed by atoms with E-state index in [1.54, 1.807) is 0 Å². The summed E-state index contributed by atoms with van der Waals surface area (Å²) in [5, 5.41) is 13.1. The van der Waals surface area contributed by atoms with Crippen molar-refractivity contribution in [1.29, 1.82) is 0 Å². The summed E-state index contributed by atoms with van der Waals surface area (Å²) in [4.78, 5) is 11.2. The van der Waals surface area contributed by atoms with Gasteiger partial charge in [-0.1, -0.05) is 18.6 Å². The van der Waals surface area contributed by atoms with Gasteiger partial charge in [-0.3, -0.25) is 4.79 Å². The van der Waals surface area contributed by atoms with E-state index in [0.717, 1.165) is 36.1 Å². The Bertz CT molecular complexity index is 452. The average Bonchev–Trinajstić information content (AvgIpc) is 2.26. The number of aliphatic hydroxyl groups excluding tert-OH is 1. The standard InChI is InChI=1S/C14H17NO2/c16-13-7-5-10-8-11(4-6-12(10)15-13)14(17)9-2-1-3-9/h4,6,8-9,14,17H,1-3,5,7H2,(H,15,16). The molecule has 3 nitrogen and oxygen atoms in total. The minimum Gasteiger partial charge on any atom is -0.388 e. The molecule has 1 unspecified atom stereocenters. The quantitative estimate of drug-likeness (QED) is 0.821.